The number of amides is 2. The Morgan fingerprint density at radius 1 is 0.800 bits per heavy atom. The van der Waals surface area contributed by atoms with Gasteiger partial charge in [0, 0.05) is 45.4 Å². The van der Waals surface area contributed by atoms with Crippen LogP contribution in [0.3, 0.4) is 0 Å². The topological polar surface area (TPSA) is 90.4 Å². The van der Waals surface area contributed by atoms with Crippen molar-refractivity contribution in [1.29, 1.82) is 0 Å². The highest BCUT2D eigenvalue weighted by Gasteiger charge is 2.31. The molecule has 2 heterocycles. The summed E-state index contributed by atoms with van der Waals surface area (Å²) in [4.78, 5) is 27.3. The minimum atomic E-state index is -3.58. The minimum absolute atomic E-state index is 0.0953. The summed E-state index contributed by atoms with van der Waals surface area (Å²) in [7, 11) is -3.58. The molecule has 0 bridgehead atoms. The monoisotopic (exact) mass is 494 g/mol. The number of nitrogens with zero attached hydrogens (tertiary/aromatic N) is 4. The van der Waals surface area contributed by atoms with Crippen LogP contribution in [0, 0.1) is 0 Å². The Hall–Kier alpha value is -3.04. The van der Waals surface area contributed by atoms with E-state index in [2.05, 4.69) is 5.10 Å². The van der Waals surface area contributed by atoms with Crippen molar-refractivity contribution in [1.82, 2.24) is 14.2 Å². The highest BCUT2D eigenvalue weighted by Crippen LogP contribution is 2.27. The molecule has 0 atom stereocenters. The van der Waals surface area contributed by atoms with Gasteiger partial charge in [0.15, 0.2) is 0 Å². The number of piperazine rings is 1. The third-order valence-corrected chi connectivity index (χ3v) is 8.94. The first-order chi connectivity index (χ1) is 16.9. The maximum Gasteiger partial charge on any atom is 0.243 e. The maximum absolute atomic E-state index is 13.1. The van der Waals surface area contributed by atoms with Crippen LogP contribution >= 0.6 is 0 Å². The molecule has 2 amide bonds. The number of benzene rings is 2. The highest BCUT2D eigenvalue weighted by molar-refractivity contribution is 7.89. The number of sulfonamides is 1. The number of fused-ring (bicyclic) bond motifs is 1. The molecule has 0 radical (unpaired) electrons. The number of hydrogen-bond acceptors (Lipinski definition) is 5. The van der Waals surface area contributed by atoms with E-state index >= 15 is 0 Å². The van der Waals surface area contributed by atoms with E-state index in [0.717, 1.165) is 36.1 Å². The number of hydrogen-bond donors (Lipinski definition) is 0. The third kappa shape index (κ3) is 5.01. The second-order valence-corrected chi connectivity index (χ2v) is 11.2. The van der Waals surface area contributed by atoms with Crippen LogP contribution in [0.1, 0.15) is 42.4 Å². The molecule has 184 valence electrons. The highest BCUT2D eigenvalue weighted by atomic mass is 32.2. The van der Waals surface area contributed by atoms with Crippen molar-refractivity contribution in [2.75, 3.05) is 32.7 Å². The van der Waals surface area contributed by atoms with Crippen LogP contribution in [0.4, 0.5) is 0 Å². The molecular weight excluding hydrogens is 464 g/mol. The van der Waals surface area contributed by atoms with E-state index in [9.17, 15) is 18.0 Å². The molecule has 0 unspecified atom stereocenters. The molecule has 0 aromatic heterocycles. The summed E-state index contributed by atoms with van der Waals surface area (Å²) in [5, 5.41) is 5.89. The van der Waals surface area contributed by atoms with Gasteiger partial charge in [-0.15, -0.1) is 0 Å². The molecule has 0 spiro atoms. The molecule has 1 fully saturated rings. The van der Waals surface area contributed by atoms with Crippen molar-refractivity contribution in [3.8, 4) is 0 Å². The summed E-state index contributed by atoms with van der Waals surface area (Å²) >= 11 is 0. The van der Waals surface area contributed by atoms with Crippen LogP contribution < -0.4 is 0 Å². The lowest BCUT2D eigenvalue weighted by molar-refractivity contribution is -0.137. The molecule has 1 aliphatic carbocycles. The fraction of sp³-hybridized carbons (Fsp3) is 0.423. The van der Waals surface area contributed by atoms with Gasteiger partial charge in [0.1, 0.15) is 0 Å². The van der Waals surface area contributed by atoms with Gasteiger partial charge >= 0.3 is 0 Å². The predicted octanol–water partition coefficient (Wildman–Crippen LogP) is 2.43. The Morgan fingerprint density at radius 2 is 1.51 bits per heavy atom. The Bertz CT molecular complexity index is 1250. The number of hydrazone groups is 1. The second-order valence-electron chi connectivity index (χ2n) is 9.25. The molecule has 2 aromatic rings. The molecule has 1 saturated heterocycles. The van der Waals surface area contributed by atoms with Gasteiger partial charge in [-0.05, 0) is 48.1 Å². The van der Waals surface area contributed by atoms with Gasteiger partial charge in [-0.3, -0.25) is 9.59 Å². The molecule has 0 N–H and O–H groups in total. The first kappa shape index (κ1) is 23.7. The van der Waals surface area contributed by atoms with Crippen LogP contribution in [0.5, 0.6) is 0 Å². The number of rotatable bonds is 6. The average molecular weight is 495 g/mol. The lowest BCUT2D eigenvalue weighted by Crippen LogP contribution is -2.50. The van der Waals surface area contributed by atoms with E-state index in [4.69, 9.17) is 0 Å². The summed E-state index contributed by atoms with van der Waals surface area (Å²) in [6.45, 7) is 1.71. The molecule has 0 saturated carbocycles. The number of aryl methyl sites for hydroxylation is 2. The van der Waals surface area contributed by atoms with Crippen LogP contribution in [-0.4, -0.2) is 72.9 Å². The molecule has 8 nitrogen and oxygen atoms in total. The standard InChI is InChI=1S/C26H30N4O4S/c31-25(11-12-26(32)30-14-13-24(27-30)21-5-2-1-3-6-21)28-15-17-29(18-16-28)35(33,34)23-10-9-20-7-4-8-22(20)19-23/h1-3,5-6,9-10,19H,4,7-8,11-18H2. The number of carbonyl (C=O) groups is 2. The molecule has 5 rings (SSSR count). The van der Waals surface area contributed by atoms with Gasteiger partial charge in [-0.2, -0.15) is 9.41 Å². The van der Waals surface area contributed by atoms with E-state index < -0.39 is 10.0 Å². The number of carbonyl (C=O) groups excluding carboxylic acids is 2. The van der Waals surface area contributed by atoms with Crippen molar-refractivity contribution in [3.63, 3.8) is 0 Å². The molecule has 2 aromatic carbocycles. The Morgan fingerprint density at radius 3 is 2.29 bits per heavy atom. The van der Waals surface area contributed by atoms with Gasteiger partial charge in [0.2, 0.25) is 21.8 Å². The van der Waals surface area contributed by atoms with E-state index in [1.807, 2.05) is 42.5 Å². The summed E-state index contributed by atoms with van der Waals surface area (Å²) < 4.78 is 27.7. The van der Waals surface area contributed by atoms with E-state index in [-0.39, 0.29) is 37.7 Å². The molecular formula is C26H30N4O4S. The summed E-state index contributed by atoms with van der Waals surface area (Å²) in [5.41, 5.74) is 4.25. The molecule has 3 aliphatic rings. The van der Waals surface area contributed by atoms with Crippen molar-refractivity contribution >= 4 is 27.5 Å². The van der Waals surface area contributed by atoms with Crippen LogP contribution in [-0.2, 0) is 32.5 Å². The first-order valence-electron chi connectivity index (χ1n) is 12.2. The normalized spacial score (nSPS) is 18.5. The zero-order chi connectivity index (χ0) is 24.4. The molecule has 2 aliphatic heterocycles. The van der Waals surface area contributed by atoms with E-state index in [1.54, 1.807) is 11.0 Å². The Kier molecular flexibility index (Phi) is 6.71. The SMILES string of the molecule is O=C(CCC(=O)N1CCC(c2ccccc2)=N1)N1CCN(S(=O)(=O)c2ccc3c(c2)CCC3)CC1. The largest absolute Gasteiger partial charge is 0.340 e. The van der Waals surface area contributed by atoms with Gasteiger partial charge < -0.3 is 4.90 Å². The van der Waals surface area contributed by atoms with Crippen molar-refractivity contribution in [2.45, 2.75) is 43.4 Å². The van der Waals surface area contributed by atoms with Gasteiger partial charge in [-0.1, -0.05) is 36.4 Å². The van der Waals surface area contributed by atoms with Gasteiger partial charge in [0.25, 0.3) is 0 Å². The van der Waals surface area contributed by atoms with Crippen molar-refractivity contribution < 1.29 is 18.0 Å². The quantitative estimate of drug-likeness (QED) is 0.617. The first-order valence-corrected chi connectivity index (χ1v) is 13.7. The zero-order valence-electron chi connectivity index (χ0n) is 19.7. The average Bonchev–Trinajstić information content (AvgIpc) is 3.57. The third-order valence-electron chi connectivity index (χ3n) is 7.05. The molecule has 9 heteroatoms. The maximum atomic E-state index is 13.1. The Labute approximate surface area is 206 Å². The summed E-state index contributed by atoms with van der Waals surface area (Å²) in [6.07, 6.45) is 3.90. The van der Waals surface area contributed by atoms with Gasteiger partial charge in [0.05, 0.1) is 17.2 Å². The second kappa shape index (κ2) is 9.91. The summed E-state index contributed by atoms with van der Waals surface area (Å²) in [5.74, 6) is -0.290. The van der Waals surface area contributed by atoms with Crippen molar-refractivity contribution in [2.24, 2.45) is 5.10 Å². The van der Waals surface area contributed by atoms with Crippen LogP contribution in [0.25, 0.3) is 0 Å². The lowest BCUT2D eigenvalue weighted by Gasteiger charge is -2.34. The fourth-order valence-corrected chi connectivity index (χ4v) is 6.48. The van der Waals surface area contributed by atoms with E-state index in [1.165, 1.54) is 14.9 Å². The lowest BCUT2D eigenvalue weighted by atomic mass is 10.1. The zero-order valence-corrected chi connectivity index (χ0v) is 20.5. The van der Waals surface area contributed by atoms with E-state index in [0.29, 0.717) is 31.0 Å². The predicted molar refractivity (Wildman–Crippen MR) is 132 cm³/mol. The fourth-order valence-electron chi connectivity index (χ4n) is 5.01. The van der Waals surface area contributed by atoms with Crippen molar-refractivity contribution in [3.05, 3.63) is 65.2 Å². The minimum Gasteiger partial charge on any atom is -0.340 e. The summed E-state index contributed by atoms with van der Waals surface area (Å²) in [6, 6.07) is 15.2. The molecule has 35 heavy (non-hydrogen) atoms. The van der Waals surface area contributed by atoms with Crippen LogP contribution in [0.2, 0.25) is 0 Å². The van der Waals surface area contributed by atoms with Gasteiger partial charge in [-0.25, -0.2) is 13.4 Å². The van der Waals surface area contributed by atoms with Crippen LogP contribution in [0.15, 0.2) is 58.5 Å². The smallest absolute Gasteiger partial charge is 0.243 e. The Balaban J connectivity index is 1.12.